The van der Waals surface area contributed by atoms with Crippen molar-refractivity contribution >= 4 is 28.5 Å². The van der Waals surface area contributed by atoms with Gasteiger partial charge in [0.1, 0.15) is 5.82 Å². The minimum atomic E-state index is -1.06. The zero-order valence-electron chi connectivity index (χ0n) is 12.8. The van der Waals surface area contributed by atoms with Gasteiger partial charge in [-0.15, -0.1) is 0 Å². The van der Waals surface area contributed by atoms with E-state index in [1.165, 1.54) is 28.9 Å². The van der Waals surface area contributed by atoms with Gasteiger partial charge in [-0.3, -0.25) is 10.2 Å². The van der Waals surface area contributed by atoms with Crippen LogP contribution >= 0.6 is 11.8 Å². The molecule has 0 saturated heterocycles. The molecule has 0 bridgehead atoms. The van der Waals surface area contributed by atoms with Crippen LogP contribution in [0.1, 0.15) is 12.5 Å². The number of para-hydroxylation sites is 1. The van der Waals surface area contributed by atoms with Crippen molar-refractivity contribution in [3.05, 3.63) is 66.0 Å². The number of nitrogens with zero attached hydrogens (tertiary/aromatic N) is 2. The van der Waals surface area contributed by atoms with Gasteiger partial charge in [0.2, 0.25) is 0 Å². The summed E-state index contributed by atoms with van der Waals surface area (Å²) >= 11 is 1.38. The Balaban J connectivity index is 1.94. The second kappa shape index (κ2) is 6.04. The molecule has 1 amide bonds. The van der Waals surface area contributed by atoms with Crippen LogP contribution < -0.4 is 5.43 Å². The van der Waals surface area contributed by atoms with E-state index in [0.717, 1.165) is 5.69 Å². The van der Waals surface area contributed by atoms with Gasteiger partial charge in [0.15, 0.2) is 10.7 Å². The van der Waals surface area contributed by atoms with Crippen molar-refractivity contribution < 1.29 is 9.18 Å². The molecule has 118 valence electrons. The monoisotopic (exact) mass is 329 g/mol. The molecule has 4 nitrogen and oxygen atoms in total. The maximum Gasteiger partial charge on any atom is 0.279 e. The Hall–Kier alpha value is -2.34. The van der Waals surface area contributed by atoms with Crippen molar-refractivity contribution in [1.29, 1.82) is 0 Å². The average molecular weight is 329 g/mol. The van der Waals surface area contributed by atoms with Crippen molar-refractivity contribution in [2.45, 2.75) is 12.5 Å². The molecule has 3 rings (SSSR count). The van der Waals surface area contributed by atoms with Gasteiger partial charge in [-0.2, -0.15) is 5.01 Å². The Labute approximate surface area is 138 Å². The van der Waals surface area contributed by atoms with Crippen LogP contribution in [0, 0.1) is 5.82 Å². The van der Waals surface area contributed by atoms with Crippen LogP contribution in [0.4, 0.5) is 10.1 Å². The number of nitrogens with one attached hydrogen (secondary N) is 1. The van der Waals surface area contributed by atoms with Gasteiger partial charge in [0.05, 0.1) is 5.69 Å². The summed E-state index contributed by atoms with van der Waals surface area (Å²) in [5.74, 6) is -0.534. The Morgan fingerprint density at radius 2 is 1.78 bits per heavy atom. The van der Waals surface area contributed by atoms with Gasteiger partial charge < -0.3 is 0 Å². The molecule has 0 saturated carbocycles. The summed E-state index contributed by atoms with van der Waals surface area (Å²) in [6.07, 6.45) is 1.86. The fraction of sp³-hybridized carbons (Fsp3) is 0.176. The first-order chi connectivity index (χ1) is 11.0. The number of aliphatic imine (C=N–C) groups is 1. The van der Waals surface area contributed by atoms with E-state index in [1.807, 2.05) is 36.6 Å². The van der Waals surface area contributed by atoms with Crippen molar-refractivity contribution in [2.24, 2.45) is 4.99 Å². The van der Waals surface area contributed by atoms with E-state index in [2.05, 4.69) is 10.4 Å². The molecule has 1 N–H and O–H groups in total. The standard InChI is InChI=1S/C17H16FN3OS/c1-17(12-8-10-13(18)11-9-12)15(22)21(16(19-17)23-2)20-14-6-4-3-5-7-14/h3-11,20H,1-2H3. The van der Waals surface area contributed by atoms with Crippen LogP contribution in [-0.2, 0) is 10.3 Å². The van der Waals surface area contributed by atoms with E-state index in [9.17, 15) is 9.18 Å². The van der Waals surface area contributed by atoms with E-state index in [0.29, 0.717) is 10.7 Å². The van der Waals surface area contributed by atoms with E-state index < -0.39 is 5.54 Å². The number of carbonyl (C=O) groups is 1. The molecule has 0 radical (unpaired) electrons. The van der Waals surface area contributed by atoms with E-state index in [4.69, 9.17) is 0 Å². The van der Waals surface area contributed by atoms with E-state index >= 15 is 0 Å². The summed E-state index contributed by atoms with van der Waals surface area (Å²) in [5.41, 5.74) is 3.48. The molecule has 1 heterocycles. The molecule has 1 unspecified atom stereocenters. The predicted molar refractivity (Wildman–Crippen MR) is 91.6 cm³/mol. The topological polar surface area (TPSA) is 44.7 Å². The second-order valence-corrected chi connectivity index (χ2v) is 6.07. The Morgan fingerprint density at radius 1 is 1.13 bits per heavy atom. The fourth-order valence-corrected chi connectivity index (χ4v) is 3.02. The average Bonchev–Trinajstić information content (AvgIpc) is 2.82. The maximum atomic E-state index is 13.2. The van der Waals surface area contributed by atoms with E-state index in [1.54, 1.807) is 19.1 Å². The number of hydrazine groups is 1. The molecule has 1 aliphatic rings. The Bertz CT molecular complexity index is 748. The molecule has 6 heteroatoms. The van der Waals surface area contributed by atoms with Crippen molar-refractivity contribution in [3.8, 4) is 0 Å². The lowest BCUT2D eigenvalue weighted by molar-refractivity contribution is -0.129. The highest BCUT2D eigenvalue weighted by Crippen LogP contribution is 2.35. The number of halogens is 1. The quantitative estimate of drug-likeness (QED) is 0.935. The molecule has 23 heavy (non-hydrogen) atoms. The lowest BCUT2D eigenvalue weighted by Crippen LogP contribution is -2.42. The zero-order valence-corrected chi connectivity index (χ0v) is 13.6. The summed E-state index contributed by atoms with van der Waals surface area (Å²) in [5, 5.41) is 2.02. The minimum absolute atomic E-state index is 0.197. The molecule has 2 aromatic rings. The first kappa shape index (κ1) is 15.6. The van der Waals surface area contributed by atoms with Crippen molar-refractivity contribution in [1.82, 2.24) is 5.01 Å². The summed E-state index contributed by atoms with van der Waals surface area (Å²) in [6, 6.07) is 15.3. The first-order valence-electron chi connectivity index (χ1n) is 7.11. The number of rotatable bonds is 3. The summed E-state index contributed by atoms with van der Waals surface area (Å²) in [7, 11) is 0. The summed E-state index contributed by atoms with van der Waals surface area (Å²) in [4.78, 5) is 17.5. The molecule has 0 spiro atoms. The normalized spacial score (nSPS) is 20.6. The molecular formula is C17H16FN3OS. The number of hydrogen-bond donors (Lipinski definition) is 1. The van der Waals surface area contributed by atoms with Crippen LogP contribution in [0.5, 0.6) is 0 Å². The van der Waals surface area contributed by atoms with Gasteiger partial charge in [-0.25, -0.2) is 9.38 Å². The first-order valence-corrected chi connectivity index (χ1v) is 8.33. The number of hydrogen-bond acceptors (Lipinski definition) is 4. The Kier molecular flexibility index (Phi) is 4.09. The zero-order chi connectivity index (χ0) is 16.4. The molecular weight excluding hydrogens is 313 g/mol. The Morgan fingerprint density at radius 3 is 2.39 bits per heavy atom. The van der Waals surface area contributed by atoms with Gasteiger partial charge in [-0.05, 0) is 43.0 Å². The van der Waals surface area contributed by atoms with Gasteiger partial charge in [0, 0.05) is 0 Å². The molecule has 0 fully saturated rings. The molecule has 2 aromatic carbocycles. The van der Waals surface area contributed by atoms with Crippen molar-refractivity contribution in [2.75, 3.05) is 11.7 Å². The van der Waals surface area contributed by atoms with Crippen LogP contribution in [0.3, 0.4) is 0 Å². The number of amides is 1. The number of benzene rings is 2. The molecule has 1 aliphatic heterocycles. The molecule has 1 atom stereocenters. The second-order valence-electron chi connectivity index (χ2n) is 5.30. The minimum Gasteiger partial charge on any atom is -0.289 e. The maximum absolute atomic E-state index is 13.2. The third-order valence-corrected chi connectivity index (χ3v) is 4.37. The third-order valence-electron chi connectivity index (χ3n) is 3.73. The number of carbonyl (C=O) groups excluding carboxylic acids is 1. The lowest BCUT2D eigenvalue weighted by Gasteiger charge is -2.24. The van der Waals surface area contributed by atoms with Gasteiger partial charge in [0.25, 0.3) is 5.91 Å². The van der Waals surface area contributed by atoms with Crippen LogP contribution in [0.25, 0.3) is 0 Å². The summed E-state index contributed by atoms with van der Waals surface area (Å²) < 4.78 is 13.2. The molecule has 0 aliphatic carbocycles. The highest BCUT2D eigenvalue weighted by Gasteiger charge is 2.46. The fourth-order valence-electron chi connectivity index (χ4n) is 2.43. The largest absolute Gasteiger partial charge is 0.289 e. The summed E-state index contributed by atoms with van der Waals surface area (Å²) in [6.45, 7) is 1.74. The molecule has 0 aromatic heterocycles. The van der Waals surface area contributed by atoms with Crippen LogP contribution in [0.15, 0.2) is 59.6 Å². The van der Waals surface area contributed by atoms with Crippen LogP contribution in [-0.4, -0.2) is 22.3 Å². The smallest absolute Gasteiger partial charge is 0.279 e. The number of amidine groups is 1. The van der Waals surface area contributed by atoms with Gasteiger partial charge in [-0.1, -0.05) is 42.1 Å². The predicted octanol–water partition coefficient (Wildman–Crippen LogP) is 3.63. The third kappa shape index (κ3) is 2.82. The lowest BCUT2D eigenvalue weighted by atomic mass is 9.92. The van der Waals surface area contributed by atoms with Gasteiger partial charge >= 0.3 is 0 Å². The SMILES string of the molecule is CSC1=NC(C)(c2ccc(F)cc2)C(=O)N1Nc1ccccc1. The van der Waals surface area contributed by atoms with Crippen molar-refractivity contribution in [3.63, 3.8) is 0 Å². The number of thioether (sulfide) groups is 1. The highest BCUT2D eigenvalue weighted by atomic mass is 32.2. The number of anilines is 1. The van der Waals surface area contributed by atoms with Crippen LogP contribution in [0.2, 0.25) is 0 Å². The van der Waals surface area contributed by atoms with E-state index in [-0.39, 0.29) is 11.7 Å². The highest BCUT2D eigenvalue weighted by molar-refractivity contribution is 8.13.